The molecule has 6 nitrogen and oxygen atoms in total. The molecule has 0 bridgehead atoms. The Morgan fingerprint density at radius 3 is 2.57 bits per heavy atom. The van der Waals surface area contributed by atoms with Crippen molar-refractivity contribution in [1.82, 2.24) is 25.3 Å². The smallest absolute Gasteiger partial charge is 0.191 e. The van der Waals surface area contributed by atoms with Crippen LogP contribution in [0.15, 0.2) is 41.7 Å². The van der Waals surface area contributed by atoms with E-state index in [0.717, 1.165) is 17.1 Å². The fourth-order valence-electron chi connectivity index (χ4n) is 2.94. The highest BCUT2D eigenvalue weighted by Crippen LogP contribution is 2.23. The Balaban J connectivity index is 0.00000392. The van der Waals surface area contributed by atoms with Gasteiger partial charge in [-0.3, -0.25) is 9.67 Å². The highest BCUT2D eigenvalue weighted by atomic mass is 127. The minimum atomic E-state index is -0.232. The molecule has 2 rings (SSSR count). The third kappa shape index (κ3) is 6.73. The monoisotopic (exact) mass is 502 g/mol. The molecule has 2 aromatic rings. The van der Waals surface area contributed by atoms with Gasteiger partial charge in [-0.25, -0.2) is 4.39 Å². The summed E-state index contributed by atoms with van der Waals surface area (Å²) in [5.41, 5.74) is 1.86. The summed E-state index contributed by atoms with van der Waals surface area (Å²) in [6.07, 6.45) is 3.91. The van der Waals surface area contributed by atoms with E-state index < -0.39 is 0 Å². The zero-order chi connectivity index (χ0) is 20.0. The Labute approximate surface area is 184 Å². The maximum Gasteiger partial charge on any atom is 0.191 e. The quantitative estimate of drug-likeness (QED) is 0.348. The highest BCUT2D eigenvalue weighted by Gasteiger charge is 2.22. The molecule has 8 heteroatoms. The van der Waals surface area contributed by atoms with E-state index in [9.17, 15) is 4.39 Å². The number of rotatable bonds is 7. The molecule has 0 aliphatic rings. The van der Waals surface area contributed by atoms with Gasteiger partial charge in [0.25, 0.3) is 0 Å². The van der Waals surface area contributed by atoms with Crippen molar-refractivity contribution >= 4 is 29.9 Å². The van der Waals surface area contributed by atoms with Crippen molar-refractivity contribution in [2.45, 2.75) is 25.3 Å². The van der Waals surface area contributed by atoms with Crippen molar-refractivity contribution in [2.24, 2.45) is 12.0 Å². The van der Waals surface area contributed by atoms with E-state index in [-0.39, 0.29) is 41.3 Å². The molecular formula is C20H32FIN6. The van der Waals surface area contributed by atoms with Gasteiger partial charge in [-0.1, -0.05) is 26.0 Å². The molecule has 0 aliphatic heterocycles. The lowest BCUT2D eigenvalue weighted by Crippen LogP contribution is -2.45. The zero-order valence-electron chi connectivity index (χ0n) is 17.5. The minimum absolute atomic E-state index is 0. The van der Waals surface area contributed by atoms with E-state index in [4.69, 9.17) is 0 Å². The van der Waals surface area contributed by atoms with Crippen LogP contribution in [0.1, 0.15) is 31.0 Å². The molecule has 1 aromatic heterocycles. The van der Waals surface area contributed by atoms with Crippen LogP contribution in [0.5, 0.6) is 0 Å². The Kier molecular flexibility index (Phi) is 9.35. The number of guanidine groups is 1. The summed E-state index contributed by atoms with van der Waals surface area (Å²) in [6.45, 7) is 5.50. The summed E-state index contributed by atoms with van der Waals surface area (Å²) < 4.78 is 15.3. The number of nitrogens with one attached hydrogen (secondary N) is 2. The largest absolute Gasteiger partial charge is 0.356 e. The van der Waals surface area contributed by atoms with Gasteiger partial charge in [0.1, 0.15) is 5.82 Å². The molecule has 156 valence electrons. The normalized spacial score (nSPS) is 13.2. The minimum Gasteiger partial charge on any atom is -0.356 e. The van der Waals surface area contributed by atoms with Crippen molar-refractivity contribution in [1.29, 1.82) is 0 Å². The molecule has 0 radical (unpaired) electrons. The van der Waals surface area contributed by atoms with E-state index in [2.05, 4.69) is 39.5 Å². The van der Waals surface area contributed by atoms with E-state index in [1.807, 2.05) is 39.6 Å². The van der Waals surface area contributed by atoms with Gasteiger partial charge in [0, 0.05) is 44.4 Å². The standard InChI is InChI=1S/C20H31FN6.HI/c1-20(2,16-8-7-9-17(21)10-16)14-24-19(22-3)23-12-18(26(4)5)15-11-25-27(6)13-15;/h7-11,13,18H,12,14H2,1-6H3,(H2,22,23,24);1H. The fourth-order valence-corrected chi connectivity index (χ4v) is 2.94. The van der Waals surface area contributed by atoms with Gasteiger partial charge >= 0.3 is 0 Å². The summed E-state index contributed by atoms with van der Waals surface area (Å²) in [5, 5.41) is 11.0. The van der Waals surface area contributed by atoms with Crippen LogP contribution in [-0.2, 0) is 12.5 Å². The second-order valence-corrected chi connectivity index (χ2v) is 7.63. The number of benzene rings is 1. The molecular weight excluding hydrogens is 470 g/mol. The third-order valence-corrected chi connectivity index (χ3v) is 4.72. The van der Waals surface area contributed by atoms with E-state index >= 15 is 0 Å². The van der Waals surface area contributed by atoms with Crippen LogP contribution in [0.4, 0.5) is 4.39 Å². The average molecular weight is 502 g/mol. The number of likely N-dealkylation sites (N-methyl/N-ethyl adjacent to an activating group) is 1. The van der Waals surface area contributed by atoms with E-state index in [0.29, 0.717) is 13.1 Å². The first-order chi connectivity index (χ1) is 12.7. The first-order valence-corrected chi connectivity index (χ1v) is 9.08. The molecule has 1 atom stereocenters. The molecule has 1 heterocycles. The molecule has 2 N–H and O–H groups in total. The van der Waals surface area contributed by atoms with Crippen molar-refractivity contribution in [2.75, 3.05) is 34.2 Å². The summed E-state index contributed by atoms with van der Waals surface area (Å²) in [7, 11) is 7.75. The lowest BCUT2D eigenvalue weighted by atomic mass is 9.84. The molecule has 1 aromatic carbocycles. The summed E-state index contributed by atoms with van der Waals surface area (Å²) in [6, 6.07) is 6.92. The Hall–Kier alpha value is -1.68. The maximum absolute atomic E-state index is 13.5. The van der Waals surface area contributed by atoms with E-state index in [1.54, 1.807) is 23.9 Å². The third-order valence-electron chi connectivity index (χ3n) is 4.72. The molecule has 0 saturated carbocycles. The first-order valence-electron chi connectivity index (χ1n) is 9.08. The molecule has 0 aliphatic carbocycles. The number of aromatic nitrogens is 2. The van der Waals surface area contributed by atoms with Crippen molar-refractivity contribution in [3.63, 3.8) is 0 Å². The Morgan fingerprint density at radius 2 is 2.04 bits per heavy atom. The topological polar surface area (TPSA) is 57.5 Å². The van der Waals surface area contributed by atoms with E-state index in [1.165, 1.54) is 6.07 Å². The highest BCUT2D eigenvalue weighted by molar-refractivity contribution is 14.0. The average Bonchev–Trinajstić information content (AvgIpc) is 3.03. The predicted octanol–water partition coefficient (Wildman–Crippen LogP) is 2.92. The molecule has 0 fully saturated rings. The van der Waals surface area contributed by atoms with Gasteiger partial charge < -0.3 is 15.5 Å². The Bertz CT molecular complexity index is 772. The van der Waals surface area contributed by atoms with Crippen LogP contribution in [0, 0.1) is 5.82 Å². The number of hydrogen-bond donors (Lipinski definition) is 2. The Morgan fingerprint density at radius 1 is 1.32 bits per heavy atom. The summed E-state index contributed by atoms with van der Waals surface area (Å²) in [4.78, 5) is 6.46. The van der Waals surface area contributed by atoms with Crippen LogP contribution in [-0.4, -0.2) is 54.9 Å². The van der Waals surface area contributed by atoms with Gasteiger partial charge in [-0.15, -0.1) is 24.0 Å². The van der Waals surface area contributed by atoms with Crippen LogP contribution < -0.4 is 10.6 Å². The number of aryl methyl sites for hydroxylation is 1. The van der Waals surface area contributed by atoms with Crippen LogP contribution in [0.2, 0.25) is 0 Å². The van der Waals surface area contributed by atoms with Crippen molar-refractivity contribution in [3.8, 4) is 0 Å². The van der Waals surface area contributed by atoms with Crippen LogP contribution in [0.3, 0.4) is 0 Å². The molecule has 1 unspecified atom stereocenters. The molecule has 0 amide bonds. The fraction of sp³-hybridized carbons (Fsp3) is 0.500. The number of nitrogens with zero attached hydrogens (tertiary/aromatic N) is 4. The number of halogens is 2. The number of aliphatic imine (C=N–C) groups is 1. The predicted molar refractivity (Wildman–Crippen MR) is 124 cm³/mol. The van der Waals surface area contributed by atoms with Crippen LogP contribution >= 0.6 is 24.0 Å². The second kappa shape index (κ2) is 10.8. The van der Waals surface area contributed by atoms with Crippen LogP contribution in [0.25, 0.3) is 0 Å². The van der Waals surface area contributed by atoms with Gasteiger partial charge in [-0.2, -0.15) is 5.10 Å². The zero-order valence-corrected chi connectivity index (χ0v) is 19.9. The van der Waals surface area contributed by atoms with Gasteiger partial charge in [0.2, 0.25) is 0 Å². The summed E-state index contributed by atoms with van der Waals surface area (Å²) in [5.74, 6) is 0.503. The van der Waals surface area contributed by atoms with Gasteiger partial charge in [0.15, 0.2) is 5.96 Å². The second-order valence-electron chi connectivity index (χ2n) is 7.63. The van der Waals surface area contributed by atoms with Gasteiger partial charge in [-0.05, 0) is 31.8 Å². The molecule has 0 spiro atoms. The lowest BCUT2D eigenvalue weighted by molar-refractivity contribution is 0.298. The van der Waals surface area contributed by atoms with Crippen molar-refractivity contribution in [3.05, 3.63) is 53.6 Å². The molecule has 28 heavy (non-hydrogen) atoms. The number of hydrogen-bond acceptors (Lipinski definition) is 3. The SMILES string of the molecule is CN=C(NCC(c1cnn(C)c1)N(C)C)NCC(C)(C)c1cccc(F)c1.I. The first kappa shape index (κ1) is 24.4. The summed E-state index contributed by atoms with van der Waals surface area (Å²) >= 11 is 0. The van der Waals surface area contributed by atoms with Crippen molar-refractivity contribution < 1.29 is 4.39 Å². The lowest BCUT2D eigenvalue weighted by Gasteiger charge is -2.28. The maximum atomic E-state index is 13.5. The molecule has 0 saturated heterocycles. The van der Waals surface area contributed by atoms with Gasteiger partial charge in [0.05, 0.1) is 12.2 Å².